The van der Waals surface area contributed by atoms with Gasteiger partial charge >= 0.3 is 0 Å². The average Bonchev–Trinajstić information content (AvgIpc) is 2.67. The van der Waals surface area contributed by atoms with E-state index in [1.807, 2.05) is 6.08 Å². The number of rotatable bonds is 17. The second-order valence-electron chi connectivity index (χ2n) is 7.40. The Labute approximate surface area is 167 Å². The summed E-state index contributed by atoms with van der Waals surface area (Å²) in [5.41, 5.74) is 0. The zero-order valence-corrected chi connectivity index (χ0v) is 17.9. The first-order valence-corrected chi connectivity index (χ1v) is 11.0. The van der Waals surface area contributed by atoms with Crippen LogP contribution in [0.4, 0.5) is 0 Å². The molecule has 0 rings (SSSR count). The van der Waals surface area contributed by atoms with Crippen molar-refractivity contribution in [3.63, 3.8) is 0 Å². The predicted molar refractivity (Wildman–Crippen MR) is 117 cm³/mol. The first-order valence-electron chi connectivity index (χ1n) is 11.0. The highest BCUT2D eigenvalue weighted by Crippen LogP contribution is 2.37. The third-order valence-electron chi connectivity index (χ3n) is 5.31. The topological polar surface area (TPSA) is 60.7 Å². The van der Waals surface area contributed by atoms with Crippen LogP contribution in [-0.2, 0) is 0 Å². The Balaban J connectivity index is 5.66. The fourth-order valence-corrected chi connectivity index (χ4v) is 4.04. The Bertz CT molecular complexity index is 400. The number of hydrogen-bond acceptors (Lipinski definition) is 3. The molecular formula is C24H44O3. The molecule has 4 atom stereocenters. The van der Waals surface area contributed by atoms with Gasteiger partial charge in [0.15, 0.2) is 0 Å². The van der Waals surface area contributed by atoms with Crippen LogP contribution in [0.5, 0.6) is 0 Å². The van der Waals surface area contributed by atoms with E-state index < -0.39 is 0 Å². The Morgan fingerprint density at radius 3 is 1.89 bits per heavy atom. The summed E-state index contributed by atoms with van der Waals surface area (Å²) in [6.45, 7) is 7.26. The SMILES string of the molecule is CCCC(C=CCO)C(C=CCCCO)C(CC)C(C=CCCO)CCC. The van der Waals surface area contributed by atoms with Crippen LogP contribution in [0.15, 0.2) is 36.5 Å². The zero-order valence-electron chi connectivity index (χ0n) is 17.9. The van der Waals surface area contributed by atoms with E-state index in [1.165, 1.54) is 0 Å². The minimum atomic E-state index is 0.0900. The molecule has 0 radical (unpaired) electrons. The van der Waals surface area contributed by atoms with Crippen LogP contribution in [0.2, 0.25) is 0 Å². The highest BCUT2D eigenvalue weighted by molar-refractivity contribution is 5.05. The summed E-state index contributed by atoms with van der Waals surface area (Å²) < 4.78 is 0. The van der Waals surface area contributed by atoms with Gasteiger partial charge in [-0.3, -0.25) is 0 Å². The van der Waals surface area contributed by atoms with Crippen LogP contribution >= 0.6 is 0 Å². The van der Waals surface area contributed by atoms with Crippen molar-refractivity contribution in [2.45, 2.75) is 72.1 Å². The molecule has 0 aliphatic carbocycles. The fourth-order valence-electron chi connectivity index (χ4n) is 4.04. The summed E-state index contributed by atoms with van der Waals surface area (Å²) in [4.78, 5) is 0. The molecule has 158 valence electrons. The van der Waals surface area contributed by atoms with Gasteiger partial charge in [-0.2, -0.15) is 0 Å². The zero-order chi connectivity index (χ0) is 20.3. The quantitative estimate of drug-likeness (QED) is 0.238. The van der Waals surface area contributed by atoms with E-state index in [0.29, 0.717) is 23.7 Å². The van der Waals surface area contributed by atoms with Crippen LogP contribution in [0.1, 0.15) is 72.1 Å². The molecule has 3 nitrogen and oxygen atoms in total. The highest BCUT2D eigenvalue weighted by Gasteiger charge is 2.29. The van der Waals surface area contributed by atoms with Gasteiger partial charge in [-0.25, -0.2) is 0 Å². The maximum atomic E-state index is 9.28. The van der Waals surface area contributed by atoms with E-state index >= 15 is 0 Å². The Morgan fingerprint density at radius 1 is 0.704 bits per heavy atom. The van der Waals surface area contributed by atoms with Crippen LogP contribution in [0.3, 0.4) is 0 Å². The lowest BCUT2D eigenvalue weighted by Gasteiger charge is -2.34. The molecule has 0 saturated heterocycles. The van der Waals surface area contributed by atoms with Crippen molar-refractivity contribution in [1.29, 1.82) is 0 Å². The molecule has 0 fully saturated rings. The second kappa shape index (κ2) is 18.5. The van der Waals surface area contributed by atoms with Gasteiger partial charge in [-0.15, -0.1) is 0 Å². The number of aliphatic hydroxyl groups is 3. The maximum absolute atomic E-state index is 9.28. The van der Waals surface area contributed by atoms with E-state index in [-0.39, 0.29) is 19.8 Å². The lowest BCUT2D eigenvalue weighted by molar-refractivity contribution is 0.227. The molecule has 0 saturated carbocycles. The Kier molecular flexibility index (Phi) is 17.8. The van der Waals surface area contributed by atoms with Gasteiger partial charge < -0.3 is 15.3 Å². The van der Waals surface area contributed by atoms with E-state index in [0.717, 1.165) is 51.4 Å². The summed E-state index contributed by atoms with van der Waals surface area (Å²) in [6, 6.07) is 0. The largest absolute Gasteiger partial charge is 0.396 e. The van der Waals surface area contributed by atoms with Gasteiger partial charge in [-0.05, 0) is 55.8 Å². The summed E-state index contributed by atoms with van der Waals surface area (Å²) in [7, 11) is 0. The van der Waals surface area contributed by atoms with E-state index in [9.17, 15) is 5.11 Å². The monoisotopic (exact) mass is 380 g/mol. The van der Waals surface area contributed by atoms with Gasteiger partial charge in [0.1, 0.15) is 0 Å². The molecule has 0 aromatic rings. The maximum Gasteiger partial charge on any atom is 0.0612 e. The van der Waals surface area contributed by atoms with E-state index in [1.54, 1.807) is 0 Å². The van der Waals surface area contributed by atoms with Gasteiger partial charge in [0.2, 0.25) is 0 Å². The minimum absolute atomic E-state index is 0.0900. The molecule has 0 heterocycles. The molecule has 0 aromatic heterocycles. The third-order valence-corrected chi connectivity index (χ3v) is 5.31. The normalized spacial score (nSPS) is 17.1. The molecule has 27 heavy (non-hydrogen) atoms. The molecule has 4 unspecified atom stereocenters. The first kappa shape index (κ1) is 26.1. The van der Waals surface area contributed by atoms with E-state index in [4.69, 9.17) is 10.2 Å². The van der Waals surface area contributed by atoms with Gasteiger partial charge in [-0.1, -0.05) is 76.5 Å². The molecule has 0 aliphatic heterocycles. The van der Waals surface area contributed by atoms with Gasteiger partial charge in [0.25, 0.3) is 0 Å². The number of hydrogen-bond donors (Lipinski definition) is 3. The molecule has 0 bridgehead atoms. The van der Waals surface area contributed by atoms with Gasteiger partial charge in [0.05, 0.1) is 6.61 Å². The lowest BCUT2D eigenvalue weighted by atomic mass is 9.70. The molecule has 0 amide bonds. The summed E-state index contributed by atoms with van der Waals surface area (Å²) in [6.07, 6.45) is 21.2. The average molecular weight is 381 g/mol. The number of aliphatic hydroxyl groups excluding tert-OH is 3. The highest BCUT2D eigenvalue weighted by atomic mass is 16.3. The molecular weight excluding hydrogens is 336 g/mol. The van der Waals surface area contributed by atoms with Crippen molar-refractivity contribution in [1.82, 2.24) is 0 Å². The first-order chi connectivity index (χ1) is 13.2. The summed E-state index contributed by atoms with van der Waals surface area (Å²) >= 11 is 0. The van der Waals surface area contributed by atoms with Crippen molar-refractivity contribution in [3.8, 4) is 0 Å². The molecule has 0 aromatic carbocycles. The van der Waals surface area contributed by atoms with Crippen LogP contribution in [0.25, 0.3) is 0 Å². The Hall–Kier alpha value is -0.900. The van der Waals surface area contributed by atoms with Crippen molar-refractivity contribution in [2.75, 3.05) is 19.8 Å². The molecule has 0 aliphatic rings. The predicted octanol–water partition coefficient (Wildman–Crippen LogP) is 5.28. The number of allylic oxidation sites excluding steroid dienone is 4. The van der Waals surface area contributed by atoms with Crippen molar-refractivity contribution < 1.29 is 15.3 Å². The fraction of sp³-hybridized carbons (Fsp3) is 0.750. The van der Waals surface area contributed by atoms with Crippen molar-refractivity contribution in [2.24, 2.45) is 23.7 Å². The summed E-state index contributed by atoms with van der Waals surface area (Å²) in [5.74, 6) is 1.88. The lowest BCUT2D eigenvalue weighted by Crippen LogP contribution is -2.26. The van der Waals surface area contributed by atoms with Crippen molar-refractivity contribution >= 4 is 0 Å². The van der Waals surface area contributed by atoms with Crippen molar-refractivity contribution in [3.05, 3.63) is 36.5 Å². The number of unbranched alkanes of at least 4 members (excludes halogenated alkanes) is 1. The smallest absolute Gasteiger partial charge is 0.0612 e. The van der Waals surface area contributed by atoms with Crippen LogP contribution in [-0.4, -0.2) is 35.1 Å². The molecule has 0 spiro atoms. The van der Waals surface area contributed by atoms with Crippen LogP contribution < -0.4 is 0 Å². The minimum Gasteiger partial charge on any atom is -0.396 e. The summed E-state index contributed by atoms with van der Waals surface area (Å²) in [5, 5.41) is 27.5. The molecule has 3 N–H and O–H groups in total. The Morgan fingerprint density at radius 2 is 1.33 bits per heavy atom. The molecule has 3 heteroatoms. The van der Waals surface area contributed by atoms with Crippen LogP contribution in [0, 0.1) is 23.7 Å². The standard InChI is InChI=1S/C24H44O3/c1-4-13-21(15-9-11-19-26)23(6-3)24(17-8-7-10-18-25)22(14-5-2)16-12-20-27/h8-9,12,15-17,21-27H,4-7,10-11,13-14,18-20H2,1-3H3. The third kappa shape index (κ3) is 11.5. The second-order valence-corrected chi connectivity index (χ2v) is 7.40. The van der Waals surface area contributed by atoms with Gasteiger partial charge in [0, 0.05) is 13.2 Å². The van der Waals surface area contributed by atoms with E-state index in [2.05, 4.69) is 51.2 Å².